The van der Waals surface area contributed by atoms with Gasteiger partial charge in [0.15, 0.2) is 5.13 Å². The number of aryl methyl sites for hydroxylation is 1. The molecule has 3 aromatic rings. The summed E-state index contributed by atoms with van der Waals surface area (Å²) in [5.74, 6) is -0.171. The van der Waals surface area contributed by atoms with Crippen LogP contribution in [0.5, 0.6) is 0 Å². The summed E-state index contributed by atoms with van der Waals surface area (Å²) in [6.07, 6.45) is 1.72. The number of nitrogens with one attached hydrogen (secondary N) is 2. The molecule has 0 saturated heterocycles. The molecule has 2 aromatic heterocycles. The number of aromatic amines is 1. The number of nitrogens with zero attached hydrogens (tertiary/aromatic N) is 1. The van der Waals surface area contributed by atoms with Crippen LogP contribution in [-0.4, -0.2) is 15.9 Å². The van der Waals surface area contributed by atoms with Crippen molar-refractivity contribution in [3.8, 4) is 0 Å². The number of carbonyl (C=O) groups is 1. The van der Waals surface area contributed by atoms with Gasteiger partial charge in [0, 0.05) is 6.20 Å². The second-order valence-electron chi connectivity index (χ2n) is 4.03. The summed E-state index contributed by atoms with van der Waals surface area (Å²) in [6.45, 7) is 2.04. The minimum atomic E-state index is -0.171. The maximum atomic E-state index is 11.8. The lowest BCUT2D eigenvalue weighted by Crippen LogP contribution is -2.11. The number of H-pyrrole nitrogens is 1. The molecule has 1 amide bonds. The molecule has 0 radical (unpaired) electrons. The molecule has 0 spiro atoms. The Morgan fingerprint density at radius 1 is 1.39 bits per heavy atom. The highest BCUT2D eigenvalue weighted by atomic mass is 32.1. The molecule has 90 valence electrons. The molecule has 0 unspecified atom stereocenters. The number of aromatic nitrogens is 2. The lowest BCUT2D eigenvalue weighted by molar-refractivity contribution is 0.102. The Balaban J connectivity index is 1.89. The maximum Gasteiger partial charge on any atom is 0.273 e. The van der Waals surface area contributed by atoms with E-state index in [1.165, 1.54) is 16.9 Å². The monoisotopic (exact) mass is 257 g/mol. The minimum absolute atomic E-state index is 0.171. The zero-order valence-corrected chi connectivity index (χ0v) is 10.5. The SMILES string of the molecule is Cc1ccc2nc(NC(=O)c3ccc[nH]3)sc2c1. The van der Waals surface area contributed by atoms with E-state index >= 15 is 0 Å². The van der Waals surface area contributed by atoms with Crippen molar-refractivity contribution in [2.45, 2.75) is 6.92 Å². The van der Waals surface area contributed by atoms with E-state index < -0.39 is 0 Å². The second kappa shape index (κ2) is 4.27. The van der Waals surface area contributed by atoms with Crippen LogP contribution in [0.15, 0.2) is 36.5 Å². The summed E-state index contributed by atoms with van der Waals surface area (Å²) in [5.41, 5.74) is 2.63. The van der Waals surface area contributed by atoms with Crippen LogP contribution in [0.4, 0.5) is 5.13 Å². The Labute approximate surface area is 108 Å². The Bertz CT molecular complexity index is 700. The van der Waals surface area contributed by atoms with E-state index in [2.05, 4.69) is 21.4 Å². The van der Waals surface area contributed by atoms with Crippen molar-refractivity contribution in [2.75, 3.05) is 5.32 Å². The first-order chi connectivity index (χ1) is 8.72. The zero-order chi connectivity index (χ0) is 12.5. The molecule has 0 bridgehead atoms. The first-order valence-electron chi connectivity index (χ1n) is 5.54. The normalized spacial score (nSPS) is 10.7. The summed E-state index contributed by atoms with van der Waals surface area (Å²) >= 11 is 1.48. The number of hydrogen-bond donors (Lipinski definition) is 2. The molecule has 0 fully saturated rings. The summed E-state index contributed by atoms with van der Waals surface area (Å²) in [7, 11) is 0. The maximum absolute atomic E-state index is 11.8. The number of rotatable bonds is 2. The van der Waals surface area contributed by atoms with E-state index in [1.807, 2.05) is 19.1 Å². The van der Waals surface area contributed by atoms with Crippen molar-refractivity contribution in [1.82, 2.24) is 9.97 Å². The average molecular weight is 257 g/mol. The molecular weight excluding hydrogens is 246 g/mol. The van der Waals surface area contributed by atoms with E-state index in [9.17, 15) is 4.79 Å². The Morgan fingerprint density at radius 2 is 2.28 bits per heavy atom. The summed E-state index contributed by atoms with van der Waals surface area (Å²) in [6, 6.07) is 9.56. The number of hydrogen-bond acceptors (Lipinski definition) is 3. The first-order valence-corrected chi connectivity index (χ1v) is 6.36. The molecular formula is C13H11N3OS. The summed E-state index contributed by atoms with van der Waals surface area (Å²) in [4.78, 5) is 19.1. The number of fused-ring (bicyclic) bond motifs is 1. The fourth-order valence-electron chi connectivity index (χ4n) is 1.72. The van der Waals surface area contributed by atoms with Crippen LogP contribution in [-0.2, 0) is 0 Å². The largest absolute Gasteiger partial charge is 0.357 e. The molecule has 18 heavy (non-hydrogen) atoms. The third kappa shape index (κ3) is 2.00. The van der Waals surface area contributed by atoms with Crippen molar-refractivity contribution in [2.24, 2.45) is 0 Å². The summed E-state index contributed by atoms with van der Waals surface area (Å²) < 4.78 is 1.08. The Hall–Kier alpha value is -2.14. The van der Waals surface area contributed by atoms with Crippen LogP contribution in [0, 0.1) is 6.92 Å². The van der Waals surface area contributed by atoms with Crippen LogP contribution < -0.4 is 5.32 Å². The predicted octanol–water partition coefficient (Wildman–Crippen LogP) is 3.19. The Morgan fingerprint density at radius 3 is 3.06 bits per heavy atom. The molecule has 5 heteroatoms. The van der Waals surface area contributed by atoms with Crippen molar-refractivity contribution >= 4 is 32.6 Å². The number of anilines is 1. The highest BCUT2D eigenvalue weighted by Crippen LogP contribution is 2.26. The van der Waals surface area contributed by atoms with E-state index in [4.69, 9.17) is 0 Å². The van der Waals surface area contributed by atoms with Crippen molar-refractivity contribution in [3.63, 3.8) is 0 Å². The number of amides is 1. The topological polar surface area (TPSA) is 57.8 Å². The van der Waals surface area contributed by atoms with Gasteiger partial charge in [-0.15, -0.1) is 0 Å². The van der Waals surface area contributed by atoms with Gasteiger partial charge in [-0.05, 0) is 36.8 Å². The van der Waals surface area contributed by atoms with E-state index in [0.29, 0.717) is 10.8 Å². The van der Waals surface area contributed by atoms with Gasteiger partial charge in [0.05, 0.1) is 10.2 Å². The molecule has 0 aliphatic rings. The van der Waals surface area contributed by atoms with Crippen LogP contribution >= 0.6 is 11.3 Å². The van der Waals surface area contributed by atoms with Gasteiger partial charge in [-0.1, -0.05) is 17.4 Å². The molecule has 2 N–H and O–H groups in total. The van der Waals surface area contributed by atoms with Gasteiger partial charge in [-0.2, -0.15) is 0 Å². The van der Waals surface area contributed by atoms with E-state index in [1.54, 1.807) is 18.3 Å². The van der Waals surface area contributed by atoms with E-state index in [-0.39, 0.29) is 5.91 Å². The molecule has 0 aliphatic heterocycles. The standard InChI is InChI=1S/C13H11N3OS/c1-8-4-5-9-11(7-8)18-13(15-9)16-12(17)10-3-2-6-14-10/h2-7,14H,1H3,(H,15,16,17). The molecule has 0 saturated carbocycles. The highest BCUT2D eigenvalue weighted by molar-refractivity contribution is 7.22. The fraction of sp³-hybridized carbons (Fsp3) is 0.0769. The lowest BCUT2D eigenvalue weighted by Gasteiger charge is -1.97. The number of benzene rings is 1. The lowest BCUT2D eigenvalue weighted by atomic mass is 10.2. The number of thiazole rings is 1. The zero-order valence-electron chi connectivity index (χ0n) is 9.73. The fourth-order valence-corrected chi connectivity index (χ4v) is 2.68. The molecule has 4 nitrogen and oxygen atoms in total. The van der Waals surface area contributed by atoms with Crippen molar-refractivity contribution in [3.05, 3.63) is 47.8 Å². The van der Waals surface area contributed by atoms with Crippen LogP contribution in [0.1, 0.15) is 16.1 Å². The van der Waals surface area contributed by atoms with Gasteiger partial charge in [-0.25, -0.2) is 4.98 Å². The van der Waals surface area contributed by atoms with Gasteiger partial charge >= 0.3 is 0 Å². The summed E-state index contributed by atoms with van der Waals surface area (Å²) in [5, 5.41) is 3.41. The van der Waals surface area contributed by atoms with Gasteiger partial charge in [0.2, 0.25) is 0 Å². The van der Waals surface area contributed by atoms with E-state index in [0.717, 1.165) is 10.2 Å². The van der Waals surface area contributed by atoms with Crippen LogP contribution in [0.25, 0.3) is 10.2 Å². The second-order valence-corrected chi connectivity index (χ2v) is 5.06. The highest BCUT2D eigenvalue weighted by Gasteiger charge is 2.10. The first kappa shape index (κ1) is 11.0. The molecule has 2 heterocycles. The van der Waals surface area contributed by atoms with Crippen molar-refractivity contribution in [1.29, 1.82) is 0 Å². The molecule has 1 aromatic carbocycles. The van der Waals surface area contributed by atoms with Gasteiger partial charge in [0.1, 0.15) is 5.69 Å². The van der Waals surface area contributed by atoms with Gasteiger partial charge in [0.25, 0.3) is 5.91 Å². The number of carbonyl (C=O) groups excluding carboxylic acids is 1. The Kier molecular flexibility index (Phi) is 2.60. The molecule has 0 aliphatic carbocycles. The predicted molar refractivity (Wildman–Crippen MR) is 73.1 cm³/mol. The van der Waals surface area contributed by atoms with Crippen LogP contribution in [0.2, 0.25) is 0 Å². The average Bonchev–Trinajstić information content (AvgIpc) is 2.95. The third-order valence-electron chi connectivity index (χ3n) is 2.61. The van der Waals surface area contributed by atoms with Crippen molar-refractivity contribution < 1.29 is 4.79 Å². The quantitative estimate of drug-likeness (QED) is 0.740. The molecule has 0 atom stereocenters. The smallest absolute Gasteiger partial charge is 0.273 e. The van der Waals surface area contributed by atoms with Gasteiger partial charge < -0.3 is 4.98 Å². The van der Waals surface area contributed by atoms with Gasteiger partial charge in [-0.3, -0.25) is 10.1 Å². The van der Waals surface area contributed by atoms with Crippen LogP contribution in [0.3, 0.4) is 0 Å². The third-order valence-corrected chi connectivity index (χ3v) is 3.54. The minimum Gasteiger partial charge on any atom is -0.357 e. The molecule has 3 rings (SSSR count).